The van der Waals surface area contributed by atoms with Gasteiger partial charge in [-0.15, -0.1) is 5.10 Å². The number of nitrogens with two attached hydrogens (primary N) is 1. The van der Waals surface area contributed by atoms with Gasteiger partial charge in [-0.1, -0.05) is 23.0 Å². The number of rotatable bonds is 6. The van der Waals surface area contributed by atoms with E-state index in [0.717, 1.165) is 28.6 Å². The van der Waals surface area contributed by atoms with Crippen LogP contribution in [0.4, 0.5) is 13.2 Å². The Morgan fingerprint density at radius 2 is 1.85 bits per heavy atom. The van der Waals surface area contributed by atoms with Crippen molar-refractivity contribution < 1.29 is 38.0 Å². The van der Waals surface area contributed by atoms with E-state index in [1.165, 1.54) is 18.3 Å². The molecule has 1 aliphatic heterocycles. The minimum atomic E-state index is -1.63. The van der Waals surface area contributed by atoms with Crippen LogP contribution in [0.1, 0.15) is 16.4 Å². The molecule has 0 unspecified atom stereocenters. The van der Waals surface area contributed by atoms with E-state index < -0.39 is 59.8 Å². The molecule has 0 bridgehead atoms. The molecule has 1 saturated heterocycles. The van der Waals surface area contributed by atoms with Gasteiger partial charge >= 0.3 is 0 Å². The second-order valence-corrected chi connectivity index (χ2v) is 8.72. The first kappa shape index (κ1) is 24.2. The molecule has 34 heavy (non-hydrogen) atoms. The first-order chi connectivity index (χ1) is 16.2. The standard InChI is InChI=1S/C21H19F3N4O5S/c22-12-5-10(6-13(23)16(12)24)14-7-28(27-26-14)17-18(30)15(8-29)33-21(19(17)31)34-11-3-1-2-9(4-11)20(25)32/h1-7,15,17-19,21,29-31H,8H2,(H2,25,32)/t15-,17+,18+,19-,21-/m1/s1. The molecule has 5 N–H and O–H groups in total. The summed E-state index contributed by atoms with van der Waals surface area (Å²) in [5, 5.41) is 39.0. The summed E-state index contributed by atoms with van der Waals surface area (Å²) in [5.74, 6) is -5.09. The predicted molar refractivity (Wildman–Crippen MR) is 113 cm³/mol. The summed E-state index contributed by atoms with van der Waals surface area (Å²) < 4.78 is 47.2. The van der Waals surface area contributed by atoms with Crippen molar-refractivity contribution in [1.29, 1.82) is 0 Å². The smallest absolute Gasteiger partial charge is 0.248 e. The van der Waals surface area contributed by atoms with E-state index >= 15 is 0 Å². The number of aromatic nitrogens is 3. The Balaban J connectivity index is 1.63. The van der Waals surface area contributed by atoms with Crippen molar-refractivity contribution in [3.8, 4) is 11.3 Å². The number of benzene rings is 2. The number of thioether (sulfide) groups is 1. The fraction of sp³-hybridized carbons (Fsp3) is 0.286. The molecular weight excluding hydrogens is 477 g/mol. The highest BCUT2D eigenvalue weighted by Gasteiger charge is 2.46. The molecule has 13 heteroatoms. The van der Waals surface area contributed by atoms with Gasteiger partial charge in [-0.25, -0.2) is 17.9 Å². The molecule has 180 valence electrons. The SMILES string of the molecule is NC(=O)c1cccc(S[C@H]2O[C@H](CO)[C@H](O)[C@H](n3cc(-c4cc(F)c(F)c(F)c4)nn3)[C@H]2O)c1. The van der Waals surface area contributed by atoms with E-state index in [0.29, 0.717) is 4.90 Å². The van der Waals surface area contributed by atoms with Crippen LogP contribution in [0.2, 0.25) is 0 Å². The first-order valence-electron chi connectivity index (χ1n) is 9.95. The molecule has 0 spiro atoms. The van der Waals surface area contributed by atoms with Crippen LogP contribution in [0.25, 0.3) is 11.3 Å². The largest absolute Gasteiger partial charge is 0.394 e. The zero-order chi connectivity index (χ0) is 24.6. The van der Waals surface area contributed by atoms with Gasteiger partial charge in [0.1, 0.15) is 35.5 Å². The van der Waals surface area contributed by atoms with E-state index in [1.807, 2.05) is 0 Å². The third kappa shape index (κ3) is 4.65. The number of carbonyl (C=O) groups excluding carboxylic acids is 1. The number of nitrogens with zero attached hydrogens (tertiary/aromatic N) is 3. The topological polar surface area (TPSA) is 144 Å². The van der Waals surface area contributed by atoms with E-state index in [1.54, 1.807) is 12.1 Å². The van der Waals surface area contributed by atoms with Gasteiger partial charge in [0.15, 0.2) is 17.5 Å². The summed E-state index contributed by atoms with van der Waals surface area (Å²) in [4.78, 5) is 12.0. The normalized spacial score (nSPS) is 24.8. The van der Waals surface area contributed by atoms with Crippen LogP contribution in [-0.2, 0) is 4.74 Å². The molecule has 1 aromatic heterocycles. The Morgan fingerprint density at radius 1 is 1.15 bits per heavy atom. The average molecular weight is 496 g/mol. The molecule has 1 fully saturated rings. The monoisotopic (exact) mass is 496 g/mol. The van der Waals surface area contributed by atoms with Crippen LogP contribution in [0, 0.1) is 17.5 Å². The van der Waals surface area contributed by atoms with Gasteiger partial charge in [0.25, 0.3) is 0 Å². The van der Waals surface area contributed by atoms with Crippen LogP contribution >= 0.6 is 11.8 Å². The molecule has 9 nitrogen and oxygen atoms in total. The molecule has 2 aromatic carbocycles. The maximum Gasteiger partial charge on any atom is 0.248 e. The Hall–Kier alpha value is -2.97. The lowest BCUT2D eigenvalue weighted by molar-refractivity contribution is -0.178. The Morgan fingerprint density at radius 3 is 2.50 bits per heavy atom. The van der Waals surface area contributed by atoms with Crippen molar-refractivity contribution in [1.82, 2.24) is 15.0 Å². The van der Waals surface area contributed by atoms with E-state index in [-0.39, 0.29) is 16.8 Å². The number of halogens is 3. The fourth-order valence-electron chi connectivity index (χ4n) is 3.59. The summed E-state index contributed by atoms with van der Waals surface area (Å²) in [7, 11) is 0. The van der Waals surface area contributed by atoms with Crippen molar-refractivity contribution >= 4 is 17.7 Å². The van der Waals surface area contributed by atoms with E-state index in [2.05, 4.69) is 10.3 Å². The first-order valence-corrected chi connectivity index (χ1v) is 10.8. The maximum atomic E-state index is 13.6. The van der Waals surface area contributed by atoms with Gasteiger partial charge < -0.3 is 25.8 Å². The number of primary amides is 1. The fourth-order valence-corrected chi connectivity index (χ4v) is 4.71. The van der Waals surface area contributed by atoms with Crippen molar-refractivity contribution in [3.05, 3.63) is 65.6 Å². The maximum absolute atomic E-state index is 13.6. The van der Waals surface area contributed by atoms with Crippen molar-refractivity contribution in [2.24, 2.45) is 5.73 Å². The number of aliphatic hydroxyl groups excluding tert-OH is 3. The Kier molecular flexibility index (Phi) is 6.91. The van der Waals surface area contributed by atoms with Crippen LogP contribution in [0.3, 0.4) is 0 Å². The quantitative estimate of drug-likeness (QED) is 0.373. The van der Waals surface area contributed by atoms with Gasteiger partial charge in [0, 0.05) is 16.0 Å². The summed E-state index contributed by atoms with van der Waals surface area (Å²) >= 11 is 1.03. The van der Waals surface area contributed by atoms with E-state index in [4.69, 9.17) is 10.5 Å². The van der Waals surface area contributed by atoms with Crippen molar-refractivity contribution in [2.75, 3.05) is 6.61 Å². The Labute approximate surface area is 195 Å². The number of amides is 1. The second kappa shape index (κ2) is 9.72. The van der Waals surface area contributed by atoms with Crippen molar-refractivity contribution in [3.63, 3.8) is 0 Å². The van der Waals surface area contributed by atoms with Gasteiger partial charge in [0.2, 0.25) is 5.91 Å². The predicted octanol–water partition coefficient (Wildman–Crippen LogP) is 1.23. The molecule has 3 aromatic rings. The highest BCUT2D eigenvalue weighted by molar-refractivity contribution is 7.99. The van der Waals surface area contributed by atoms with Gasteiger partial charge in [-0.2, -0.15) is 0 Å². The lowest BCUT2D eigenvalue weighted by atomic mass is 9.97. The second-order valence-electron chi connectivity index (χ2n) is 7.54. The highest BCUT2D eigenvalue weighted by atomic mass is 32.2. The van der Waals surface area contributed by atoms with Crippen LogP contribution in [0.15, 0.2) is 47.5 Å². The summed E-state index contributed by atoms with van der Waals surface area (Å²) in [6.07, 6.45) is -2.71. The van der Waals surface area contributed by atoms with Gasteiger partial charge in [-0.3, -0.25) is 4.79 Å². The van der Waals surface area contributed by atoms with E-state index in [9.17, 15) is 33.3 Å². The molecule has 0 radical (unpaired) electrons. The number of hydrogen-bond donors (Lipinski definition) is 4. The van der Waals surface area contributed by atoms with Crippen LogP contribution in [-0.4, -0.2) is 66.6 Å². The number of ether oxygens (including phenoxy) is 1. The van der Waals surface area contributed by atoms with Crippen molar-refractivity contribution in [2.45, 2.75) is 34.7 Å². The molecule has 1 aliphatic rings. The summed E-state index contributed by atoms with van der Waals surface area (Å²) in [5.41, 5.74) is 4.38. The molecule has 4 rings (SSSR count). The number of aliphatic hydroxyl groups is 3. The lowest BCUT2D eigenvalue weighted by Crippen LogP contribution is -2.55. The van der Waals surface area contributed by atoms with Gasteiger partial charge in [0.05, 0.1) is 12.8 Å². The summed E-state index contributed by atoms with van der Waals surface area (Å²) in [6.45, 7) is -0.585. The highest BCUT2D eigenvalue weighted by Crippen LogP contribution is 2.38. The average Bonchev–Trinajstić information content (AvgIpc) is 3.29. The molecular formula is C21H19F3N4O5S. The molecule has 0 aliphatic carbocycles. The Bertz CT molecular complexity index is 1190. The lowest BCUT2D eigenvalue weighted by Gasteiger charge is -2.41. The summed E-state index contributed by atoms with van der Waals surface area (Å²) in [6, 6.07) is 6.59. The minimum Gasteiger partial charge on any atom is -0.394 e. The number of hydrogen-bond acceptors (Lipinski definition) is 8. The van der Waals surface area contributed by atoms with Crippen LogP contribution < -0.4 is 5.73 Å². The van der Waals surface area contributed by atoms with Crippen LogP contribution in [0.5, 0.6) is 0 Å². The molecule has 5 atom stereocenters. The number of carbonyl (C=O) groups is 1. The molecule has 1 amide bonds. The third-order valence-electron chi connectivity index (χ3n) is 5.31. The zero-order valence-electron chi connectivity index (χ0n) is 17.3. The molecule has 2 heterocycles. The van der Waals surface area contributed by atoms with Gasteiger partial charge in [-0.05, 0) is 30.3 Å². The minimum absolute atomic E-state index is 0.0393. The molecule has 0 saturated carbocycles. The zero-order valence-corrected chi connectivity index (χ0v) is 18.1. The third-order valence-corrected chi connectivity index (χ3v) is 6.46.